The smallest absolute Gasteiger partial charge is 0.350 e. The second-order valence-electron chi connectivity index (χ2n) is 7.38. The van der Waals surface area contributed by atoms with E-state index in [0.717, 1.165) is 19.3 Å². The molecule has 0 saturated heterocycles. The largest absolute Gasteiger partial charge is 0.462 e. The fraction of sp³-hybridized carbons (Fsp3) is 0.435. The molecule has 1 aromatic carbocycles. The Balaban J connectivity index is 1.81. The van der Waals surface area contributed by atoms with E-state index in [1.807, 2.05) is 12.1 Å². The Morgan fingerprint density at radius 1 is 1.19 bits per heavy atom. The van der Waals surface area contributed by atoms with E-state index < -0.39 is 5.97 Å². The number of para-hydroxylation sites is 1. The first-order chi connectivity index (χ1) is 15.5. The summed E-state index contributed by atoms with van der Waals surface area (Å²) >= 11 is 1.18. The molecule has 0 N–H and O–H groups in total. The van der Waals surface area contributed by atoms with Crippen LogP contribution in [0.4, 0.5) is 5.13 Å². The minimum atomic E-state index is -0.418. The lowest BCUT2D eigenvalue weighted by molar-refractivity contribution is -0.118. The van der Waals surface area contributed by atoms with Crippen LogP contribution < -0.4 is 10.3 Å². The summed E-state index contributed by atoms with van der Waals surface area (Å²) in [4.78, 5) is 44.0. The number of esters is 1. The molecule has 8 nitrogen and oxygen atoms in total. The van der Waals surface area contributed by atoms with Gasteiger partial charge in [0, 0.05) is 18.4 Å². The van der Waals surface area contributed by atoms with Gasteiger partial charge in [-0.3, -0.25) is 19.2 Å². The standard InChI is InChI=1S/C23H28N4O4S/c1-4-6-9-13-26(23-25-16(3)21(32-23)22(30)31-5-2)20(29)12-14-27-18-11-8-7-10-17(18)19(28)15-24-27/h7-8,10-11,15H,4-6,9,12-14H2,1-3H3. The van der Waals surface area contributed by atoms with Crippen LogP contribution in [0.25, 0.3) is 10.9 Å². The molecule has 2 heterocycles. The molecule has 3 aromatic rings. The summed E-state index contributed by atoms with van der Waals surface area (Å²) in [5, 5.41) is 5.28. The van der Waals surface area contributed by atoms with Crippen molar-refractivity contribution < 1.29 is 14.3 Å². The van der Waals surface area contributed by atoms with E-state index in [9.17, 15) is 14.4 Å². The van der Waals surface area contributed by atoms with Crippen LogP contribution in [0.1, 0.15) is 54.9 Å². The molecule has 0 aliphatic carbocycles. The van der Waals surface area contributed by atoms with E-state index in [1.54, 1.807) is 35.6 Å². The number of thiazole rings is 1. The predicted octanol–water partition coefficient (Wildman–Crippen LogP) is 3.95. The van der Waals surface area contributed by atoms with Gasteiger partial charge in [0.2, 0.25) is 11.3 Å². The normalized spacial score (nSPS) is 11.0. The van der Waals surface area contributed by atoms with Crippen LogP contribution in [0.5, 0.6) is 0 Å². The third kappa shape index (κ3) is 5.40. The number of fused-ring (bicyclic) bond motifs is 1. The number of aromatic nitrogens is 3. The van der Waals surface area contributed by atoms with Gasteiger partial charge in [-0.1, -0.05) is 43.2 Å². The van der Waals surface area contributed by atoms with E-state index in [1.165, 1.54) is 17.5 Å². The molecule has 2 aromatic heterocycles. The molecule has 0 saturated carbocycles. The predicted molar refractivity (Wildman–Crippen MR) is 125 cm³/mol. The molecule has 9 heteroatoms. The molecule has 0 bridgehead atoms. The highest BCUT2D eigenvalue weighted by Gasteiger charge is 2.23. The molecule has 170 valence electrons. The summed E-state index contributed by atoms with van der Waals surface area (Å²) in [5.74, 6) is -0.520. The van der Waals surface area contributed by atoms with Crippen molar-refractivity contribution in [3.05, 3.63) is 51.3 Å². The lowest BCUT2D eigenvalue weighted by Crippen LogP contribution is -2.32. The van der Waals surface area contributed by atoms with Gasteiger partial charge < -0.3 is 4.74 Å². The second kappa shape index (κ2) is 11.0. The Hall–Kier alpha value is -3.07. The van der Waals surface area contributed by atoms with Gasteiger partial charge in [0.1, 0.15) is 4.88 Å². The average Bonchev–Trinajstić information content (AvgIpc) is 3.17. The van der Waals surface area contributed by atoms with E-state index in [2.05, 4.69) is 17.0 Å². The maximum atomic E-state index is 13.2. The number of aryl methyl sites for hydroxylation is 2. The van der Waals surface area contributed by atoms with Crippen molar-refractivity contribution in [3.63, 3.8) is 0 Å². The summed E-state index contributed by atoms with van der Waals surface area (Å²) in [7, 11) is 0. The first kappa shape index (κ1) is 23.6. The molecule has 0 aliphatic rings. The molecule has 1 amide bonds. The first-order valence-electron chi connectivity index (χ1n) is 10.9. The molecule has 0 unspecified atom stereocenters. The Morgan fingerprint density at radius 2 is 1.97 bits per heavy atom. The lowest BCUT2D eigenvalue weighted by Gasteiger charge is -2.20. The van der Waals surface area contributed by atoms with Gasteiger partial charge in [0.05, 0.1) is 30.6 Å². The number of unbranched alkanes of at least 4 members (excludes halogenated alkanes) is 2. The van der Waals surface area contributed by atoms with Crippen LogP contribution in [-0.2, 0) is 16.1 Å². The molecule has 0 spiro atoms. The highest BCUT2D eigenvalue weighted by molar-refractivity contribution is 7.17. The highest BCUT2D eigenvalue weighted by Crippen LogP contribution is 2.28. The van der Waals surface area contributed by atoms with E-state index in [0.29, 0.717) is 39.7 Å². The molecule has 0 radical (unpaired) electrons. The minimum absolute atomic E-state index is 0.102. The van der Waals surface area contributed by atoms with E-state index >= 15 is 0 Å². The van der Waals surface area contributed by atoms with Crippen LogP contribution in [-0.4, -0.2) is 39.8 Å². The number of ether oxygens (including phenoxy) is 1. The monoisotopic (exact) mass is 456 g/mol. The van der Waals surface area contributed by atoms with Gasteiger partial charge in [0.25, 0.3) is 0 Å². The van der Waals surface area contributed by atoms with Crippen LogP contribution >= 0.6 is 11.3 Å². The van der Waals surface area contributed by atoms with Gasteiger partial charge in [-0.05, 0) is 32.4 Å². The lowest BCUT2D eigenvalue weighted by atomic mass is 10.2. The number of anilines is 1. The van der Waals surface area contributed by atoms with Gasteiger partial charge in [-0.2, -0.15) is 5.10 Å². The third-order valence-corrected chi connectivity index (χ3v) is 6.22. The molecular weight excluding hydrogens is 428 g/mol. The van der Waals surface area contributed by atoms with E-state index in [4.69, 9.17) is 4.74 Å². The topological polar surface area (TPSA) is 94.4 Å². The molecule has 0 aliphatic heterocycles. The summed E-state index contributed by atoms with van der Waals surface area (Å²) in [6, 6.07) is 7.22. The van der Waals surface area contributed by atoms with Crippen LogP contribution in [0.2, 0.25) is 0 Å². The minimum Gasteiger partial charge on any atom is -0.462 e. The number of hydrogen-bond acceptors (Lipinski definition) is 7. The number of nitrogens with zero attached hydrogens (tertiary/aromatic N) is 4. The Bertz CT molecular complexity index is 1150. The van der Waals surface area contributed by atoms with Gasteiger partial charge >= 0.3 is 5.97 Å². The van der Waals surface area contributed by atoms with Crippen molar-refractivity contribution in [3.8, 4) is 0 Å². The van der Waals surface area contributed by atoms with Gasteiger partial charge in [-0.15, -0.1) is 0 Å². The van der Waals surface area contributed by atoms with Crippen LogP contribution in [0.3, 0.4) is 0 Å². The van der Waals surface area contributed by atoms with Crippen LogP contribution in [0, 0.1) is 6.92 Å². The molecule has 0 fully saturated rings. The van der Waals surface area contributed by atoms with Gasteiger partial charge in [0.15, 0.2) is 5.13 Å². The fourth-order valence-electron chi connectivity index (χ4n) is 3.41. The highest BCUT2D eigenvalue weighted by atomic mass is 32.1. The number of hydrogen-bond donors (Lipinski definition) is 0. The molecule has 32 heavy (non-hydrogen) atoms. The summed E-state index contributed by atoms with van der Waals surface area (Å²) in [5.41, 5.74) is 1.11. The molecule has 0 atom stereocenters. The Labute approximate surface area is 190 Å². The molecular formula is C23H28N4O4S. The number of rotatable bonds is 10. The summed E-state index contributed by atoms with van der Waals surface area (Å²) < 4.78 is 6.78. The summed E-state index contributed by atoms with van der Waals surface area (Å²) in [6.07, 6.45) is 4.33. The Morgan fingerprint density at radius 3 is 2.72 bits per heavy atom. The zero-order valence-electron chi connectivity index (χ0n) is 18.7. The van der Waals surface area contributed by atoms with Crippen molar-refractivity contribution in [2.24, 2.45) is 0 Å². The average molecular weight is 457 g/mol. The van der Waals surface area contributed by atoms with Crippen molar-refractivity contribution in [2.75, 3.05) is 18.1 Å². The summed E-state index contributed by atoms with van der Waals surface area (Å²) in [6.45, 7) is 6.75. The van der Waals surface area contributed by atoms with Crippen molar-refractivity contribution in [2.45, 2.75) is 53.0 Å². The maximum absolute atomic E-state index is 13.2. The second-order valence-corrected chi connectivity index (χ2v) is 8.36. The van der Waals surface area contributed by atoms with Crippen LogP contribution in [0.15, 0.2) is 35.3 Å². The van der Waals surface area contributed by atoms with Crippen molar-refractivity contribution in [1.29, 1.82) is 0 Å². The number of carbonyl (C=O) groups is 2. The van der Waals surface area contributed by atoms with E-state index in [-0.39, 0.29) is 24.4 Å². The molecule has 3 rings (SSSR count). The SMILES string of the molecule is CCCCCN(C(=O)CCn1ncc(=O)c2ccccc21)c1nc(C)c(C(=O)OCC)s1. The maximum Gasteiger partial charge on any atom is 0.350 e. The zero-order valence-corrected chi connectivity index (χ0v) is 19.5. The quantitative estimate of drug-likeness (QED) is 0.339. The number of carbonyl (C=O) groups excluding carboxylic acids is 2. The van der Waals surface area contributed by atoms with Crippen molar-refractivity contribution in [1.82, 2.24) is 14.8 Å². The Kier molecular flexibility index (Phi) is 8.10. The number of amides is 1. The third-order valence-electron chi connectivity index (χ3n) is 5.06. The number of benzene rings is 1. The first-order valence-corrected chi connectivity index (χ1v) is 11.7. The van der Waals surface area contributed by atoms with Crippen molar-refractivity contribution >= 4 is 39.2 Å². The fourth-order valence-corrected chi connectivity index (χ4v) is 4.41. The van der Waals surface area contributed by atoms with Gasteiger partial charge in [-0.25, -0.2) is 9.78 Å². The zero-order chi connectivity index (χ0) is 23.1.